The molecule has 0 saturated carbocycles. The standard InChI is InChI=1S/C42H41FN2O8/c43-30-15-10-27(11-16-30)34(47)21-20-33-37(45(42(52)44-33)31-17-12-25(13-18-31)24-4-2-1-3-5-24)32-19-14-29(22-35(32)48)26-6-8-28(9-7-26)41-40(51)39(50)38(49)36(23-46)53-41/h1-19,22,33-34,36-41,46-51H,20-21,23H2,(H,44,52)/t33-,34+,36-,37-,38-,39+,40-,41?/m1/s1. The van der Waals surface area contributed by atoms with E-state index in [4.69, 9.17) is 4.74 Å². The molecule has 0 aromatic heterocycles. The zero-order valence-electron chi connectivity index (χ0n) is 28.6. The third kappa shape index (κ3) is 7.40. The highest BCUT2D eigenvalue weighted by atomic mass is 19.1. The van der Waals surface area contributed by atoms with Crippen molar-refractivity contribution in [2.24, 2.45) is 0 Å². The highest BCUT2D eigenvalue weighted by Crippen LogP contribution is 2.42. The van der Waals surface area contributed by atoms with Crippen molar-refractivity contribution in [1.82, 2.24) is 5.32 Å². The average Bonchev–Trinajstić information content (AvgIpc) is 3.52. The van der Waals surface area contributed by atoms with Crippen LogP contribution >= 0.6 is 0 Å². The molecule has 1 unspecified atom stereocenters. The lowest BCUT2D eigenvalue weighted by atomic mass is 9.90. The molecule has 2 aliphatic rings. The van der Waals surface area contributed by atoms with Gasteiger partial charge in [-0.25, -0.2) is 9.18 Å². The Bertz CT molecular complexity index is 2010. The Morgan fingerprint density at radius 2 is 1.38 bits per heavy atom. The first kappa shape index (κ1) is 36.2. The Morgan fingerprint density at radius 1 is 0.755 bits per heavy atom. The van der Waals surface area contributed by atoms with Gasteiger partial charge in [-0.1, -0.05) is 91.0 Å². The van der Waals surface area contributed by atoms with Gasteiger partial charge in [0.15, 0.2) is 0 Å². The lowest BCUT2D eigenvalue weighted by molar-refractivity contribution is -0.231. The third-order valence-corrected chi connectivity index (χ3v) is 10.3. The highest BCUT2D eigenvalue weighted by Gasteiger charge is 2.44. The Hall–Kier alpha value is -5.14. The molecule has 0 spiro atoms. The molecule has 2 saturated heterocycles. The average molecular weight is 721 g/mol. The number of phenolic OH excluding ortho intramolecular Hbond substituents is 1. The number of anilines is 1. The van der Waals surface area contributed by atoms with E-state index in [2.05, 4.69) is 5.32 Å². The summed E-state index contributed by atoms with van der Waals surface area (Å²) < 4.78 is 19.2. The second kappa shape index (κ2) is 15.5. The number of nitrogens with one attached hydrogen (secondary N) is 1. The van der Waals surface area contributed by atoms with Gasteiger partial charge in [0, 0.05) is 11.3 Å². The Balaban J connectivity index is 1.17. The normalized spacial score (nSPS) is 24.9. The van der Waals surface area contributed by atoms with Crippen molar-refractivity contribution in [2.75, 3.05) is 11.5 Å². The minimum atomic E-state index is -1.50. The number of amides is 2. The van der Waals surface area contributed by atoms with E-state index in [0.717, 1.165) is 16.7 Å². The van der Waals surface area contributed by atoms with Crippen LogP contribution in [0.25, 0.3) is 22.3 Å². The number of urea groups is 1. The molecule has 53 heavy (non-hydrogen) atoms. The minimum Gasteiger partial charge on any atom is -0.508 e. The zero-order valence-corrected chi connectivity index (χ0v) is 28.6. The van der Waals surface area contributed by atoms with Crippen LogP contribution in [0.5, 0.6) is 5.75 Å². The van der Waals surface area contributed by atoms with Crippen molar-refractivity contribution in [1.29, 1.82) is 0 Å². The smallest absolute Gasteiger partial charge is 0.322 e. The molecule has 8 atom stereocenters. The number of phenols is 1. The molecule has 0 radical (unpaired) electrons. The fourth-order valence-electron chi connectivity index (χ4n) is 7.33. The van der Waals surface area contributed by atoms with Gasteiger partial charge in [0.05, 0.1) is 24.8 Å². The number of carbonyl (C=O) groups is 1. The topological polar surface area (TPSA) is 163 Å². The number of hydrogen-bond acceptors (Lipinski definition) is 8. The van der Waals surface area contributed by atoms with E-state index in [0.29, 0.717) is 34.4 Å². The Kier molecular flexibility index (Phi) is 10.6. The Morgan fingerprint density at radius 3 is 2.04 bits per heavy atom. The van der Waals surface area contributed by atoms with Gasteiger partial charge in [-0.2, -0.15) is 0 Å². The fraction of sp³-hybridized carbons (Fsp3) is 0.262. The number of hydrogen-bond donors (Lipinski definition) is 7. The first-order chi connectivity index (χ1) is 25.6. The molecule has 7 N–H and O–H groups in total. The maximum atomic E-state index is 13.7. The van der Waals surface area contributed by atoms with E-state index < -0.39 is 61.1 Å². The highest BCUT2D eigenvalue weighted by molar-refractivity contribution is 5.96. The van der Waals surface area contributed by atoms with Crippen LogP contribution in [0, 0.1) is 5.82 Å². The number of carbonyl (C=O) groups excluding carboxylic acids is 1. The van der Waals surface area contributed by atoms with E-state index in [-0.39, 0.29) is 18.2 Å². The summed E-state index contributed by atoms with van der Waals surface area (Å²) in [5.74, 6) is -0.446. The van der Waals surface area contributed by atoms with Crippen LogP contribution < -0.4 is 10.2 Å². The number of aliphatic hydroxyl groups is 5. The molecule has 274 valence electrons. The van der Waals surface area contributed by atoms with Crippen molar-refractivity contribution in [3.05, 3.63) is 144 Å². The first-order valence-corrected chi connectivity index (χ1v) is 17.6. The van der Waals surface area contributed by atoms with Crippen LogP contribution in [0.2, 0.25) is 0 Å². The number of ether oxygens (including phenoxy) is 1. The summed E-state index contributed by atoms with van der Waals surface area (Å²) in [7, 11) is 0. The number of aromatic hydroxyl groups is 1. The van der Waals surface area contributed by atoms with Gasteiger partial charge in [-0.15, -0.1) is 0 Å². The first-order valence-electron chi connectivity index (χ1n) is 17.6. The van der Waals surface area contributed by atoms with E-state index in [9.17, 15) is 39.8 Å². The van der Waals surface area contributed by atoms with E-state index in [1.807, 2.05) is 60.7 Å². The summed E-state index contributed by atoms with van der Waals surface area (Å²) in [6, 6.07) is 33.8. The maximum Gasteiger partial charge on any atom is 0.322 e. The molecule has 2 heterocycles. The summed E-state index contributed by atoms with van der Waals surface area (Å²) >= 11 is 0. The molecule has 0 aliphatic carbocycles. The Labute approximate surface area is 306 Å². The quantitative estimate of drug-likeness (QED) is 0.0991. The molecule has 10 nitrogen and oxygen atoms in total. The van der Waals surface area contributed by atoms with Crippen molar-refractivity contribution >= 4 is 11.7 Å². The van der Waals surface area contributed by atoms with Gasteiger partial charge in [0.2, 0.25) is 0 Å². The molecule has 2 fully saturated rings. The van der Waals surface area contributed by atoms with Crippen molar-refractivity contribution < 1.29 is 44.6 Å². The molecule has 7 rings (SSSR count). The lowest BCUT2D eigenvalue weighted by Gasteiger charge is -2.40. The molecule has 2 aliphatic heterocycles. The summed E-state index contributed by atoms with van der Waals surface area (Å²) in [6.45, 7) is -0.528. The SMILES string of the molecule is O=C1N[C@H](CC[C@H](O)c2ccc(F)cc2)[C@@H](c2ccc(-c3ccc(C4O[C@H](CO)[C@@H](O)[C@H](O)[C@H]4O)cc3)cc2O)N1c1ccc(-c2ccccc2)cc1. The van der Waals surface area contributed by atoms with E-state index in [1.54, 1.807) is 41.3 Å². The van der Waals surface area contributed by atoms with E-state index in [1.165, 1.54) is 24.3 Å². The summed E-state index contributed by atoms with van der Waals surface area (Å²) in [4.78, 5) is 15.3. The van der Waals surface area contributed by atoms with Crippen molar-refractivity contribution in [2.45, 2.75) is 61.5 Å². The monoisotopic (exact) mass is 720 g/mol. The van der Waals surface area contributed by atoms with Gasteiger partial charge in [-0.3, -0.25) is 4.90 Å². The van der Waals surface area contributed by atoms with Crippen molar-refractivity contribution in [3.8, 4) is 28.0 Å². The predicted molar refractivity (Wildman–Crippen MR) is 196 cm³/mol. The van der Waals surface area contributed by atoms with Gasteiger partial charge < -0.3 is 40.7 Å². The van der Waals surface area contributed by atoms with Gasteiger partial charge in [0.25, 0.3) is 0 Å². The fourth-order valence-corrected chi connectivity index (χ4v) is 7.33. The number of benzene rings is 5. The molecular formula is C42H41FN2O8. The van der Waals surface area contributed by atoms with Crippen LogP contribution in [0.1, 0.15) is 47.8 Å². The van der Waals surface area contributed by atoms with Gasteiger partial charge in [-0.05, 0) is 76.6 Å². The summed E-state index contributed by atoms with van der Waals surface area (Å²) in [5.41, 5.74) is 5.63. The second-order valence-corrected chi connectivity index (χ2v) is 13.6. The minimum absolute atomic E-state index is 0.0444. The molecular weight excluding hydrogens is 679 g/mol. The number of halogens is 1. The number of rotatable bonds is 10. The van der Waals surface area contributed by atoms with Crippen LogP contribution in [-0.2, 0) is 4.74 Å². The third-order valence-electron chi connectivity index (χ3n) is 10.3. The maximum absolute atomic E-state index is 13.7. The van der Waals surface area contributed by atoms with Crippen LogP contribution in [0.3, 0.4) is 0 Å². The molecule has 5 aromatic carbocycles. The van der Waals surface area contributed by atoms with Gasteiger partial charge >= 0.3 is 6.03 Å². The molecule has 11 heteroatoms. The van der Waals surface area contributed by atoms with E-state index >= 15 is 0 Å². The molecule has 0 bridgehead atoms. The van der Waals surface area contributed by atoms with Gasteiger partial charge in [0.1, 0.15) is 42.1 Å². The molecule has 2 amide bonds. The molecule has 5 aromatic rings. The number of nitrogens with zero attached hydrogens (tertiary/aromatic N) is 1. The number of aliphatic hydroxyl groups excluding tert-OH is 5. The van der Waals surface area contributed by atoms with Crippen LogP contribution in [0.15, 0.2) is 121 Å². The van der Waals surface area contributed by atoms with Crippen LogP contribution in [0.4, 0.5) is 14.9 Å². The zero-order chi connectivity index (χ0) is 37.2. The van der Waals surface area contributed by atoms with Crippen molar-refractivity contribution in [3.63, 3.8) is 0 Å². The summed E-state index contributed by atoms with van der Waals surface area (Å²) in [6.07, 6.45) is -6.64. The second-order valence-electron chi connectivity index (χ2n) is 13.6. The predicted octanol–water partition coefficient (Wildman–Crippen LogP) is 5.53. The lowest BCUT2D eigenvalue weighted by Crippen LogP contribution is -2.55. The summed E-state index contributed by atoms with van der Waals surface area (Å²) in [5, 5.41) is 66.1. The van der Waals surface area contributed by atoms with Crippen LogP contribution in [-0.4, -0.2) is 73.7 Å². The largest absolute Gasteiger partial charge is 0.508 e.